The van der Waals surface area contributed by atoms with Gasteiger partial charge in [-0.1, -0.05) is 19.4 Å². The van der Waals surface area contributed by atoms with Gasteiger partial charge in [0.15, 0.2) is 23.0 Å². The molecule has 0 spiro atoms. The van der Waals surface area contributed by atoms with Crippen LogP contribution in [-0.2, 0) is 19.1 Å². The molecule has 5 rings (SSSR count). The van der Waals surface area contributed by atoms with E-state index in [0.717, 1.165) is 5.57 Å². The fourth-order valence-corrected chi connectivity index (χ4v) is 8.47. The number of aliphatic hydroxyl groups excluding tert-OH is 1. The summed E-state index contributed by atoms with van der Waals surface area (Å²) in [7, 11) is 0. The summed E-state index contributed by atoms with van der Waals surface area (Å²) in [6.07, 6.45) is 2.28. The highest BCUT2D eigenvalue weighted by Crippen LogP contribution is 2.72. The first-order valence-electron chi connectivity index (χ1n) is 11.4. The lowest BCUT2D eigenvalue weighted by atomic mass is 9.44. The molecular formula is C24H32ClFO5. The zero-order valence-electron chi connectivity index (χ0n) is 18.7. The summed E-state index contributed by atoms with van der Waals surface area (Å²) >= 11 is 6.05. The average molecular weight is 455 g/mol. The van der Waals surface area contributed by atoms with Crippen molar-refractivity contribution in [2.75, 3.05) is 5.88 Å². The Balaban J connectivity index is 1.63. The summed E-state index contributed by atoms with van der Waals surface area (Å²) in [4.78, 5) is 25.3. The molecule has 4 fully saturated rings. The number of hydrogen-bond donors (Lipinski definition) is 1. The fraction of sp³-hybridized carbons (Fsp3) is 0.833. The van der Waals surface area contributed by atoms with E-state index in [1.165, 1.54) is 0 Å². The third kappa shape index (κ3) is 2.43. The van der Waals surface area contributed by atoms with E-state index in [9.17, 15) is 14.7 Å². The van der Waals surface area contributed by atoms with Crippen molar-refractivity contribution in [3.05, 3.63) is 11.6 Å². The van der Waals surface area contributed by atoms with E-state index in [1.807, 2.05) is 13.8 Å². The lowest BCUT2D eigenvalue weighted by Crippen LogP contribution is -2.70. The maximum absolute atomic E-state index is 17.2. The van der Waals surface area contributed by atoms with Gasteiger partial charge in [-0.25, -0.2) is 4.39 Å². The van der Waals surface area contributed by atoms with Crippen LogP contribution in [0.15, 0.2) is 11.6 Å². The van der Waals surface area contributed by atoms with E-state index < -0.39 is 46.0 Å². The van der Waals surface area contributed by atoms with Gasteiger partial charge < -0.3 is 14.6 Å². The number of hydrogen-bond acceptors (Lipinski definition) is 5. The number of Topliss-reactive ketones (excluding diaryl/α,β-unsaturated/α-hetero) is 1. The van der Waals surface area contributed by atoms with Crippen molar-refractivity contribution in [2.45, 2.75) is 95.5 Å². The number of aliphatic hydroxyl groups is 1. The number of allylic oxidation sites excluding steroid dienone is 1. The number of rotatable bonds is 2. The molecule has 0 radical (unpaired) electrons. The second-order valence-corrected chi connectivity index (χ2v) is 11.5. The predicted octanol–water partition coefficient (Wildman–Crippen LogP) is 3.89. The van der Waals surface area contributed by atoms with Crippen molar-refractivity contribution < 1.29 is 28.6 Å². The van der Waals surface area contributed by atoms with Crippen LogP contribution in [0.25, 0.3) is 0 Å². The standard InChI is InChI=1S/C24H32ClFO5/c1-20(2)30-19-10-16-15-6-5-13-9-14(27)7-8-21(13,3)23(15,26)17(28)11-22(16,4)24(19,31-20)18(29)12-25/h9,15-17,19,28H,5-8,10-12H2,1-4H3/t15?,16-,17?,19+,21?,22-,23-,24+/m0/s1. The lowest BCUT2D eigenvalue weighted by Gasteiger charge is -2.63. The number of carbonyl (C=O) groups is 2. The Morgan fingerprint density at radius 3 is 2.65 bits per heavy atom. The second-order valence-electron chi connectivity index (χ2n) is 11.3. The van der Waals surface area contributed by atoms with Gasteiger partial charge in [0.05, 0.1) is 18.1 Å². The molecule has 0 aromatic carbocycles. The molecule has 172 valence electrons. The lowest BCUT2D eigenvalue weighted by molar-refractivity contribution is -0.250. The summed E-state index contributed by atoms with van der Waals surface area (Å²) in [6, 6.07) is 0. The molecular weight excluding hydrogens is 423 g/mol. The van der Waals surface area contributed by atoms with Crippen LogP contribution in [0.3, 0.4) is 0 Å². The molecule has 5 nitrogen and oxygen atoms in total. The highest BCUT2D eigenvalue weighted by molar-refractivity contribution is 6.29. The fourth-order valence-electron chi connectivity index (χ4n) is 8.27. The molecule has 3 saturated carbocycles. The summed E-state index contributed by atoms with van der Waals surface area (Å²) < 4.78 is 29.7. The molecule has 0 aromatic heterocycles. The van der Waals surface area contributed by atoms with Crippen molar-refractivity contribution in [1.82, 2.24) is 0 Å². The van der Waals surface area contributed by atoms with Crippen molar-refractivity contribution in [2.24, 2.45) is 22.7 Å². The molecule has 5 aliphatic rings. The minimum absolute atomic E-state index is 0.0377. The first kappa shape index (κ1) is 22.0. The Kier molecular flexibility index (Phi) is 4.54. The highest BCUT2D eigenvalue weighted by atomic mass is 35.5. The van der Waals surface area contributed by atoms with Gasteiger partial charge in [-0.3, -0.25) is 9.59 Å². The SMILES string of the molecule is CC1(C)O[C@@H]2C[C@H]3C4CCC5=CC(=O)CCC5(C)[C@@]4(F)C(O)C[C@]3(C)[C@]2(C(=O)CCl)O1. The Morgan fingerprint density at radius 1 is 1.26 bits per heavy atom. The van der Waals surface area contributed by atoms with E-state index >= 15 is 4.39 Å². The third-order valence-electron chi connectivity index (χ3n) is 9.57. The number of halogens is 2. The third-order valence-corrected chi connectivity index (χ3v) is 9.81. The maximum Gasteiger partial charge on any atom is 0.182 e. The van der Waals surface area contributed by atoms with Crippen molar-refractivity contribution in [1.29, 1.82) is 0 Å². The van der Waals surface area contributed by atoms with E-state index in [4.69, 9.17) is 21.1 Å². The molecule has 3 unspecified atom stereocenters. The smallest absolute Gasteiger partial charge is 0.182 e. The van der Waals surface area contributed by atoms with Crippen LogP contribution in [0.4, 0.5) is 4.39 Å². The highest BCUT2D eigenvalue weighted by Gasteiger charge is 2.80. The average Bonchev–Trinajstić information content (AvgIpc) is 3.09. The van der Waals surface area contributed by atoms with Gasteiger partial charge in [0.2, 0.25) is 0 Å². The number of carbonyl (C=O) groups excluding carboxylic acids is 2. The molecule has 1 heterocycles. The number of fused-ring (bicyclic) bond motifs is 7. The van der Waals surface area contributed by atoms with E-state index in [0.29, 0.717) is 32.1 Å². The van der Waals surface area contributed by atoms with Gasteiger partial charge in [-0.2, -0.15) is 0 Å². The zero-order valence-corrected chi connectivity index (χ0v) is 19.4. The monoisotopic (exact) mass is 454 g/mol. The number of ketones is 2. The van der Waals surface area contributed by atoms with Crippen LogP contribution in [0.2, 0.25) is 0 Å². The van der Waals surface area contributed by atoms with Gasteiger partial charge in [0.25, 0.3) is 0 Å². The summed E-state index contributed by atoms with van der Waals surface area (Å²) in [5.74, 6) is -2.02. The number of alkyl halides is 2. The Hall–Kier alpha value is -0.820. The maximum atomic E-state index is 17.2. The van der Waals surface area contributed by atoms with Crippen LogP contribution < -0.4 is 0 Å². The quantitative estimate of drug-likeness (QED) is 0.641. The van der Waals surface area contributed by atoms with Crippen LogP contribution in [0.5, 0.6) is 0 Å². The normalized spacial score (nSPS) is 52.6. The molecule has 1 aliphatic heterocycles. The van der Waals surface area contributed by atoms with Gasteiger partial charge in [0, 0.05) is 23.2 Å². The Morgan fingerprint density at radius 2 is 1.97 bits per heavy atom. The molecule has 4 aliphatic carbocycles. The van der Waals surface area contributed by atoms with Crippen molar-refractivity contribution in [3.8, 4) is 0 Å². The Labute approximate surface area is 187 Å². The van der Waals surface area contributed by atoms with Crippen LogP contribution in [-0.4, -0.2) is 51.8 Å². The predicted molar refractivity (Wildman–Crippen MR) is 112 cm³/mol. The topological polar surface area (TPSA) is 72.8 Å². The molecule has 31 heavy (non-hydrogen) atoms. The minimum atomic E-state index is -1.86. The molecule has 0 aromatic rings. The Bertz CT molecular complexity index is 887. The molecule has 0 bridgehead atoms. The van der Waals surface area contributed by atoms with Crippen LogP contribution in [0, 0.1) is 22.7 Å². The van der Waals surface area contributed by atoms with Gasteiger partial charge in [-0.05, 0) is 57.9 Å². The van der Waals surface area contributed by atoms with Crippen molar-refractivity contribution in [3.63, 3.8) is 0 Å². The van der Waals surface area contributed by atoms with E-state index in [-0.39, 0.29) is 29.8 Å². The van der Waals surface area contributed by atoms with E-state index in [2.05, 4.69) is 0 Å². The minimum Gasteiger partial charge on any atom is -0.390 e. The summed E-state index contributed by atoms with van der Waals surface area (Å²) in [5, 5.41) is 11.4. The molecule has 1 N–H and O–H groups in total. The number of ether oxygens (including phenoxy) is 2. The van der Waals surface area contributed by atoms with Crippen molar-refractivity contribution >= 4 is 23.2 Å². The summed E-state index contributed by atoms with van der Waals surface area (Å²) in [6.45, 7) is 7.38. The van der Waals surface area contributed by atoms with Crippen LogP contribution >= 0.6 is 11.6 Å². The largest absolute Gasteiger partial charge is 0.390 e. The molecule has 8 atom stereocenters. The molecule has 7 heteroatoms. The molecule has 0 amide bonds. The first-order chi connectivity index (χ1) is 14.4. The van der Waals surface area contributed by atoms with E-state index in [1.54, 1.807) is 19.9 Å². The molecule has 1 saturated heterocycles. The van der Waals surface area contributed by atoms with Crippen LogP contribution in [0.1, 0.15) is 66.2 Å². The van der Waals surface area contributed by atoms with Gasteiger partial charge in [0.1, 0.15) is 5.67 Å². The zero-order chi connectivity index (χ0) is 22.6. The first-order valence-corrected chi connectivity index (χ1v) is 12.0. The van der Waals surface area contributed by atoms with Gasteiger partial charge in [-0.15, -0.1) is 11.6 Å². The summed E-state index contributed by atoms with van der Waals surface area (Å²) in [5.41, 5.74) is -4.00. The second kappa shape index (κ2) is 6.40. The van der Waals surface area contributed by atoms with Gasteiger partial charge >= 0.3 is 0 Å².